The quantitative estimate of drug-likeness (QED) is 0.135. The van der Waals surface area contributed by atoms with Crippen molar-refractivity contribution in [2.75, 3.05) is 65.8 Å². The minimum Gasteiger partial charge on any atom is -0.490 e. The second-order valence-corrected chi connectivity index (χ2v) is 12.1. The molecule has 1 aromatic rings. The molecule has 1 aliphatic rings. The Kier molecular flexibility index (Phi) is 17.3. The Bertz CT molecular complexity index is 880. The van der Waals surface area contributed by atoms with Crippen LogP contribution < -0.4 is 20.5 Å². The summed E-state index contributed by atoms with van der Waals surface area (Å²) in [5.74, 6) is 1.50. The Morgan fingerprint density at radius 3 is 2.24 bits per heavy atom. The van der Waals surface area contributed by atoms with Gasteiger partial charge in [-0.15, -0.1) is 0 Å². The lowest BCUT2D eigenvalue weighted by atomic mass is 9.81. The van der Waals surface area contributed by atoms with E-state index in [2.05, 4.69) is 24.1 Å². The fourth-order valence-corrected chi connectivity index (χ4v) is 5.22. The number of benzene rings is 1. The summed E-state index contributed by atoms with van der Waals surface area (Å²) in [5, 5.41) is 32.4. The van der Waals surface area contributed by atoms with Crippen molar-refractivity contribution in [1.29, 1.82) is 0 Å². The number of aliphatic hydroxyl groups is 3. The van der Waals surface area contributed by atoms with Crippen LogP contribution in [-0.4, -0.2) is 104 Å². The molecule has 1 saturated heterocycles. The Morgan fingerprint density at radius 2 is 1.64 bits per heavy atom. The molecule has 4 atom stereocenters. The van der Waals surface area contributed by atoms with Crippen LogP contribution in [0.1, 0.15) is 58.9 Å². The van der Waals surface area contributed by atoms with Gasteiger partial charge in [0.25, 0.3) is 0 Å². The molecule has 1 aromatic carbocycles. The van der Waals surface area contributed by atoms with Gasteiger partial charge in [-0.3, -0.25) is 9.69 Å². The fraction of sp³-hybridized carbons (Fsp3) is 0.781. The number of nitrogens with one attached hydrogen (secondary N) is 1. The van der Waals surface area contributed by atoms with Crippen molar-refractivity contribution in [3.05, 3.63) is 23.8 Å². The SMILES string of the molecule is CC(C)[C@@H](Cc1ccc(OCCCO)c(OCCCO)c1)C[C@H](N)[C@@H](O)C[C@@H](C(=O)NCCN1CCOCC1)C(C)C. The summed E-state index contributed by atoms with van der Waals surface area (Å²) in [6.07, 6.45) is 1.96. The van der Waals surface area contributed by atoms with Gasteiger partial charge < -0.3 is 40.6 Å². The molecule has 242 valence electrons. The lowest BCUT2D eigenvalue weighted by Crippen LogP contribution is -2.45. The first-order chi connectivity index (χ1) is 20.2. The van der Waals surface area contributed by atoms with E-state index in [4.69, 9.17) is 30.2 Å². The molecule has 0 bridgehead atoms. The lowest BCUT2D eigenvalue weighted by molar-refractivity contribution is -0.127. The summed E-state index contributed by atoms with van der Waals surface area (Å²) < 4.78 is 17.1. The number of nitrogens with two attached hydrogens (primary N) is 1. The molecule has 1 aliphatic heterocycles. The summed E-state index contributed by atoms with van der Waals surface area (Å²) in [6.45, 7) is 13.8. The monoisotopic (exact) mass is 595 g/mol. The second-order valence-electron chi connectivity index (χ2n) is 12.1. The third kappa shape index (κ3) is 13.1. The molecule has 10 nitrogen and oxygen atoms in total. The van der Waals surface area contributed by atoms with Crippen LogP contribution in [0.25, 0.3) is 0 Å². The van der Waals surface area contributed by atoms with Crippen molar-refractivity contribution in [1.82, 2.24) is 10.2 Å². The highest BCUT2D eigenvalue weighted by atomic mass is 16.5. The van der Waals surface area contributed by atoms with Crippen molar-refractivity contribution in [2.45, 2.75) is 71.9 Å². The largest absolute Gasteiger partial charge is 0.490 e. The number of amides is 1. The Hall–Kier alpha value is -1.95. The normalized spacial score (nSPS) is 17.2. The third-order valence-corrected chi connectivity index (χ3v) is 8.11. The topological polar surface area (TPSA) is 147 Å². The first kappa shape index (κ1) is 36.2. The van der Waals surface area contributed by atoms with Gasteiger partial charge in [-0.1, -0.05) is 33.8 Å². The molecule has 1 amide bonds. The van der Waals surface area contributed by atoms with Crippen LogP contribution in [0.5, 0.6) is 11.5 Å². The van der Waals surface area contributed by atoms with Gasteiger partial charge >= 0.3 is 0 Å². The highest BCUT2D eigenvalue weighted by Crippen LogP contribution is 2.32. The summed E-state index contributed by atoms with van der Waals surface area (Å²) in [4.78, 5) is 15.3. The van der Waals surface area contributed by atoms with Crippen LogP contribution in [0.3, 0.4) is 0 Å². The number of hydrogen-bond donors (Lipinski definition) is 5. The number of ether oxygens (including phenoxy) is 3. The molecule has 0 spiro atoms. The number of carbonyl (C=O) groups is 1. The van der Waals surface area contributed by atoms with Crippen molar-refractivity contribution in [3.8, 4) is 11.5 Å². The van der Waals surface area contributed by atoms with Crippen LogP contribution in [0, 0.1) is 23.7 Å². The van der Waals surface area contributed by atoms with E-state index in [1.54, 1.807) is 0 Å². The van der Waals surface area contributed by atoms with Gasteiger partial charge in [0.15, 0.2) is 11.5 Å². The number of nitrogens with zero attached hydrogens (tertiary/aromatic N) is 1. The predicted octanol–water partition coefficient (Wildman–Crippen LogP) is 2.21. The summed E-state index contributed by atoms with van der Waals surface area (Å²) in [5.41, 5.74) is 7.64. The number of carbonyl (C=O) groups excluding carboxylic acids is 1. The molecule has 1 heterocycles. The fourth-order valence-electron chi connectivity index (χ4n) is 5.22. The molecule has 0 saturated carbocycles. The van der Waals surface area contributed by atoms with Crippen molar-refractivity contribution < 1.29 is 34.3 Å². The van der Waals surface area contributed by atoms with E-state index in [0.29, 0.717) is 62.9 Å². The molecule has 1 fully saturated rings. The maximum atomic E-state index is 13.0. The zero-order chi connectivity index (χ0) is 30.9. The van der Waals surface area contributed by atoms with E-state index in [9.17, 15) is 9.90 Å². The average molecular weight is 596 g/mol. The van der Waals surface area contributed by atoms with Gasteiger partial charge in [0.2, 0.25) is 5.91 Å². The zero-order valence-corrected chi connectivity index (χ0v) is 26.3. The summed E-state index contributed by atoms with van der Waals surface area (Å²) in [7, 11) is 0. The summed E-state index contributed by atoms with van der Waals surface area (Å²) >= 11 is 0. The van der Waals surface area contributed by atoms with Gasteiger partial charge in [0.05, 0.1) is 32.5 Å². The standard InChI is InChI=1S/C32H57N3O7/c1-23(2)26(19-25-7-8-30(41-15-5-13-36)31(20-25)42-16-6-14-37)21-28(33)29(38)22-27(24(3)4)32(39)34-9-10-35-11-17-40-18-12-35/h7-8,20,23-24,26-29,36-38H,5-6,9-19,21-22,33H2,1-4H3,(H,34,39)/t26-,27+,28-,29-/m0/s1. The van der Waals surface area contributed by atoms with Gasteiger partial charge in [-0.05, 0) is 54.7 Å². The Morgan fingerprint density at radius 1 is 1.00 bits per heavy atom. The van der Waals surface area contributed by atoms with Crippen LogP contribution in [0.2, 0.25) is 0 Å². The van der Waals surface area contributed by atoms with Crippen molar-refractivity contribution in [3.63, 3.8) is 0 Å². The van der Waals surface area contributed by atoms with E-state index < -0.39 is 12.1 Å². The smallest absolute Gasteiger partial charge is 0.223 e. The van der Waals surface area contributed by atoms with Crippen molar-refractivity contribution >= 4 is 5.91 Å². The molecule has 0 aliphatic carbocycles. The first-order valence-electron chi connectivity index (χ1n) is 15.8. The van der Waals surface area contributed by atoms with E-state index in [1.807, 2.05) is 32.0 Å². The molecular weight excluding hydrogens is 538 g/mol. The number of aliphatic hydroxyl groups excluding tert-OH is 3. The van der Waals surface area contributed by atoms with E-state index in [1.165, 1.54) is 0 Å². The maximum Gasteiger partial charge on any atom is 0.223 e. The molecule has 42 heavy (non-hydrogen) atoms. The maximum absolute atomic E-state index is 13.0. The van der Waals surface area contributed by atoms with Gasteiger partial charge in [-0.2, -0.15) is 0 Å². The van der Waals surface area contributed by atoms with Gasteiger partial charge in [0, 0.05) is 64.2 Å². The Labute approximate surface area is 252 Å². The third-order valence-electron chi connectivity index (χ3n) is 8.11. The van der Waals surface area contributed by atoms with Crippen molar-refractivity contribution in [2.24, 2.45) is 29.4 Å². The zero-order valence-electron chi connectivity index (χ0n) is 26.3. The molecule has 10 heteroatoms. The number of rotatable bonds is 21. The van der Waals surface area contributed by atoms with Crippen LogP contribution >= 0.6 is 0 Å². The number of morpholine rings is 1. The van der Waals surface area contributed by atoms with Crippen LogP contribution in [0.4, 0.5) is 0 Å². The van der Waals surface area contributed by atoms with E-state index in [-0.39, 0.29) is 36.9 Å². The van der Waals surface area contributed by atoms with E-state index >= 15 is 0 Å². The predicted molar refractivity (Wildman–Crippen MR) is 165 cm³/mol. The summed E-state index contributed by atoms with van der Waals surface area (Å²) in [6, 6.07) is 5.42. The second kappa shape index (κ2) is 20.1. The van der Waals surface area contributed by atoms with E-state index in [0.717, 1.165) is 44.8 Å². The number of hydrogen-bond acceptors (Lipinski definition) is 9. The Balaban J connectivity index is 1.98. The molecule has 6 N–H and O–H groups in total. The minimum absolute atomic E-state index is 0.0278. The highest BCUT2D eigenvalue weighted by Gasteiger charge is 2.30. The van der Waals surface area contributed by atoms with Gasteiger partial charge in [0.1, 0.15) is 0 Å². The van der Waals surface area contributed by atoms with Gasteiger partial charge in [-0.25, -0.2) is 0 Å². The molecule has 0 radical (unpaired) electrons. The minimum atomic E-state index is -0.789. The highest BCUT2D eigenvalue weighted by molar-refractivity contribution is 5.78. The van der Waals surface area contributed by atoms with Crippen LogP contribution in [0.15, 0.2) is 18.2 Å². The molecular formula is C32H57N3O7. The first-order valence-corrected chi connectivity index (χ1v) is 15.8. The molecule has 0 unspecified atom stereocenters. The molecule has 2 rings (SSSR count). The molecule has 0 aromatic heterocycles. The van der Waals surface area contributed by atoms with Crippen LogP contribution in [-0.2, 0) is 16.0 Å². The lowest BCUT2D eigenvalue weighted by Gasteiger charge is -2.30. The average Bonchev–Trinajstić information content (AvgIpc) is 2.96.